The average molecular weight is 341 g/mol. The first-order chi connectivity index (χ1) is 11.5. The predicted molar refractivity (Wildman–Crippen MR) is 95.9 cm³/mol. The van der Waals surface area contributed by atoms with Crippen molar-refractivity contribution in [1.29, 1.82) is 0 Å². The molecule has 3 aromatic carbocycles. The highest BCUT2D eigenvalue weighted by Gasteiger charge is 2.21. The fraction of sp³-hybridized carbons (Fsp3) is 0.150. The van der Waals surface area contributed by atoms with Gasteiger partial charge < -0.3 is 9.84 Å². The zero-order chi connectivity index (χ0) is 17.1. The minimum Gasteiger partial charge on any atom is -0.478 e. The third-order valence-electron chi connectivity index (χ3n) is 3.97. The van der Waals surface area contributed by atoms with Crippen LogP contribution < -0.4 is 4.74 Å². The van der Waals surface area contributed by atoms with Gasteiger partial charge in [-0.2, -0.15) is 0 Å². The molecule has 24 heavy (non-hydrogen) atoms. The molecule has 3 rings (SSSR count). The minimum atomic E-state index is -0.990. The summed E-state index contributed by atoms with van der Waals surface area (Å²) in [5.74, 6) is -0.486. The van der Waals surface area contributed by atoms with Crippen molar-refractivity contribution in [1.82, 2.24) is 0 Å². The van der Waals surface area contributed by atoms with Crippen LogP contribution in [0, 0.1) is 6.92 Å². The summed E-state index contributed by atoms with van der Waals surface area (Å²) >= 11 is 6.00. The van der Waals surface area contributed by atoms with Crippen molar-refractivity contribution in [3.8, 4) is 5.75 Å². The van der Waals surface area contributed by atoms with Crippen LogP contribution >= 0.6 is 11.6 Å². The lowest BCUT2D eigenvalue weighted by Gasteiger charge is -2.17. The Bertz CT molecular complexity index is 884. The van der Waals surface area contributed by atoms with E-state index in [2.05, 4.69) is 0 Å². The van der Waals surface area contributed by atoms with E-state index in [0.29, 0.717) is 17.2 Å². The van der Waals surface area contributed by atoms with Crippen molar-refractivity contribution in [3.05, 3.63) is 76.8 Å². The van der Waals surface area contributed by atoms with Crippen molar-refractivity contribution in [2.24, 2.45) is 0 Å². The first kappa shape index (κ1) is 16.3. The van der Waals surface area contributed by atoms with Crippen LogP contribution in [-0.4, -0.2) is 17.2 Å². The third kappa shape index (κ3) is 3.52. The van der Waals surface area contributed by atoms with Crippen LogP contribution in [0.1, 0.15) is 11.1 Å². The van der Waals surface area contributed by atoms with E-state index in [1.807, 2.05) is 49.4 Å². The molecule has 0 bridgehead atoms. The largest absolute Gasteiger partial charge is 0.478 e. The van der Waals surface area contributed by atoms with Crippen LogP contribution in [0.2, 0.25) is 5.02 Å². The third-order valence-corrected chi connectivity index (χ3v) is 4.39. The van der Waals surface area contributed by atoms with Crippen LogP contribution in [0.15, 0.2) is 60.7 Å². The number of ether oxygens (including phenoxy) is 1. The number of benzene rings is 3. The van der Waals surface area contributed by atoms with Crippen molar-refractivity contribution in [2.45, 2.75) is 19.4 Å². The van der Waals surface area contributed by atoms with Gasteiger partial charge in [-0.3, -0.25) is 0 Å². The predicted octanol–water partition coefficient (Wildman–Crippen LogP) is 4.88. The van der Waals surface area contributed by atoms with E-state index in [9.17, 15) is 9.90 Å². The molecular weight excluding hydrogens is 324 g/mol. The van der Waals surface area contributed by atoms with Crippen molar-refractivity contribution < 1.29 is 14.6 Å². The Kier molecular flexibility index (Phi) is 4.72. The molecule has 0 saturated heterocycles. The normalized spacial score (nSPS) is 12.1. The van der Waals surface area contributed by atoms with Crippen molar-refractivity contribution in [2.75, 3.05) is 0 Å². The average Bonchev–Trinajstić information content (AvgIpc) is 2.57. The molecule has 0 aliphatic heterocycles. The Morgan fingerprint density at radius 2 is 1.88 bits per heavy atom. The fourth-order valence-corrected chi connectivity index (χ4v) is 2.82. The molecule has 0 amide bonds. The van der Waals surface area contributed by atoms with Gasteiger partial charge in [-0.05, 0) is 47.0 Å². The first-order valence-electron chi connectivity index (χ1n) is 7.67. The van der Waals surface area contributed by atoms with E-state index in [0.717, 1.165) is 21.9 Å². The molecule has 0 saturated carbocycles. The Labute approximate surface area is 145 Å². The fourth-order valence-electron chi connectivity index (χ4n) is 2.70. The summed E-state index contributed by atoms with van der Waals surface area (Å²) in [6.07, 6.45) is -0.672. The molecule has 4 heteroatoms. The van der Waals surface area contributed by atoms with Gasteiger partial charge in [0.2, 0.25) is 0 Å². The number of carbonyl (C=O) groups is 1. The van der Waals surface area contributed by atoms with Crippen LogP contribution in [0.4, 0.5) is 0 Å². The number of halogens is 1. The van der Waals surface area contributed by atoms with Gasteiger partial charge in [-0.15, -0.1) is 0 Å². The summed E-state index contributed by atoms with van der Waals surface area (Å²) < 4.78 is 5.71. The van der Waals surface area contributed by atoms with Gasteiger partial charge in [0, 0.05) is 11.4 Å². The summed E-state index contributed by atoms with van der Waals surface area (Å²) in [6.45, 7) is 1.86. The smallest absolute Gasteiger partial charge is 0.345 e. The summed E-state index contributed by atoms with van der Waals surface area (Å²) in [6, 6.07) is 19.0. The van der Waals surface area contributed by atoms with Gasteiger partial charge in [0.25, 0.3) is 0 Å². The molecule has 122 valence electrons. The second-order valence-electron chi connectivity index (χ2n) is 5.70. The zero-order valence-corrected chi connectivity index (χ0v) is 14.0. The van der Waals surface area contributed by atoms with Gasteiger partial charge in [0.05, 0.1) is 0 Å². The highest BCUT2D eigenvalue weighted by molar-refractivity contribution is 6.31. The molecule has 0 spiro atoms. The second-order valence-corrected chi connectivity index (χ2v) is 6.11. The standard InChI is InChI=1S/C20H17ClO3/c1-13-11-16(9-10-18(13)21)24-19(20(22)23)12-15-7-4-6-14-5-2-3-8-17(14)15/h2-11,19H,12H2,1H3,(H,22,23)/t19-/m0/s1. The number of carboxylic acids is 1. The van der Waals surface area contributed by atoms with Crippen LogP contribution in [0.5, 0.6) is 5.75 Å². The highest BCUT2D eigenvalue weighted by atomic mass is 35.5. The van der Waals surface area contributed by atoms with Gasteiger partial charge in [0.15, 0.2) is 6.10 Å². The maximum absolute atomic E-state index is 11.6. The Morgan fingerprint density at radius 1 is 1.12 bits per heavy atom. The van der Waals surface area contributed by atoms with Gasteiger partial charge >= 0.3 is 5.97 Å². The van der Waals surface area contributed by atoms with E-state index >= 15 is 0 Å². The number of carboxylic acid groups (broad SMARTS) is 1. The monoisotopic (exact) mass is 340 g/mol. The summed E-state index contributed by atoms with van der Waals surface area (Å²) in [7, 11) is 0. The van der Waals surface area contributed by atoms with Gasteiger partial charge in [0.1, 0.15) is 5.75 Å². The van der Waals surface area contributed by atoms with Gasteiger partial charge in [-0.1, -0.05) is 54.1 Å². The molecule has 1 atom stereocenters. The van der Waals surface area contributed by atoms with E-state index in [1.165, 1.54) is 0 Å². The van der Waals surface area contributed by atoms with Gasteiger partial charge in [-0.25, -0.2) is 4.79 Å². The number of aryl methyl sites for hydroxylation is 1. The Morgan fingerprint density at radius 3 is 2.62 bits per heavy atom. The number of hydrogen-bond donors (Lipinski definition) is 1. The lowest BCUT2D eigenvalue weighted by atomic mass is 10.00. The topological polar surface area (TPSA) is 46.5 Å². The molecule has 3 aromatic rings. The van der Waals surface area contributed by atoms with Crippen LogP contribution in [0.25, 0.3) is 10.8 Å². The zero-order valence-electron chi connectivity index (χ0n) is 13.2. The number of aliphatic carboxylic acids is 1. The summed E-state index contributed by atoms with van der Waals surface area (Å²) in [5, 5.41) is 12.3. The molecule has 3 nitrogen and oxygen atoms in total. The number of hydrogen-bond acceptors (Lipinski definition) is 2. The lowest BCUT2D eigenvalue weighted by molar-refractivity contribution is -0.145. The summed E-state index contributed by atoms with van der Waals surface area (Å²) in [5.41, 5.74) is 1.80. The number of fused-ring (bicyclic) bond motifs is 1. The first-order valence-corrected chi connectivity index (χ1v) is 8.04. The molecule has 0 aliphatic rings. The maximum atomic E-state index is 11.6. The molecule has 0 unspecified atom stereocenters. The number of rotatable bonds is 5. The van der Waals surface area contributed by atoms with Crippen LogP contribution in [0.3, 0.4) is 0 Å². The molecule has 0 radical (unpaired) electrons. The lowest BCUT2D eigenvalue weighted by Crippen LogP contribution is -2.29. The quantitative estimate of drug-likeness (QED) is 0.720. The highest BCUT2D eigenvalue weighted by Crippen LogP contribution is 2.24. The minimum absolute atomic E-state index is 0.290. The molecule has 0 fully saturated rings. The molecule has 0 aliphatic carbocycles. The molecule has 0 heterocycles. The molecule has 1 N–H and O–H groups in total. The van der Waals surface area contributed by atoms with E-state index in [4.69, 9.17) is 16.3 Å². The Hall–Kier alpha value is -2.52. The molecule has 0 aromatic heterocycles. The second kappa shape index (κ2) is 6.93. The van der Waals surface area contributed by atoms with E-state index in [-0.39, 0.29) is 0 Å². The van der Waals surface area contributed by atoms with Crippen molar-refractivity contribution >= 4 is 28.3 Å². The summed E-state index contributed by atoms with van der Waals surface area (Å²) in [4.78, 5) is 11.6. The Balaban J connectivity index is 1.88. The molecular formula is C20H17ClO3. The van der Waals surface area contributed by atoms with Crippen LogP contribution in [-0.2, 0) is 11.2 Å². The maximum Gasteiger partial charge on any atom is 0.345 e. The van der Waals surface area contributed by atoms with E-state index < -0.39 is 12.1 Å². The van der Waals surface area contributed by atoms with Crippen molar-refractivity contribution in [3.63, 3.8) is 0 Å². The SMILES string of the molecule is Cc1cc(O[C@@H](Cc2cccc3ccccc23)C(=O)O)ccc1Cl. The van der Waals surface area contributed by atoms with E-state index in [1.54, 1.807) is 18.2 Å².